The molecule has 0 saturated carbocycles. The molecule has 0 spiro atoms. The van der Waals surface area contributed by atoms with Crippen molar-refractivity contribution in [3.05, 3.63) is 75.8 Å². The van der Waals surface area contributed by atoms with Gasteiger partial charge in [-0.2, -0.15) is 0 Å². The second-order valence-corrected chi connectivity index (χ2v) is 6.89. The van der Waals surface area contributed by atoms with Crippen molar-refractivity contribution in [3.63, 3.8) is 0 Å². The molecule has 26 heavy (non-hydrogen) atoms. The molecule has 132 valence electrons. The number of rotatable bonds is 6. The van der Waals surface area contributed by atoms with Crippen LogP contribution in [0, 0.1) is 0 Å². The normalized spacial score (nSPS) is 10.4. The van der Waals surface area contributed by atoms with E-state index in [1.165, 1.54) is 18.3 Å². The molecule has 0 atom stereocenters. The van der Waals surface area contributed by atoms with Gasteiger partial charge in [-0.1, -0.05) is 17.7 Å². The fourth-order valence-electron chi connectivity index (χ4n) is 2.26. The zero-order chi connectivity index (χ0) is 18.5. The summed E-state index contributed by atoms with van der Waals surface area (Å²) in [5.74, 6) is -0.168. The lowest BCUT2D eigenvalue weighted by Gasteiger charge is -2.04. The first-order chi connectivity index (χ1) is 12.5. The van der Waals surface area contributed by atoms with Crippen LogP contribution in [0.25, 0.3) is 0 Å². The Labute approximate surface area is 160 Å². The predicted molar refractivity (Wildman–Crippen MR) is 104 cm³/mol. The summed E-state index contributed by atoms with van der Waals surface area (Å²) in [5.41, 5.74) is 2.78. The van der Waals surface area contributed by atoms with Crippen molar-refractivity contribution in [2.75, 3.05) is 5.32 Å². The molecule has 3 aromatic rings. The number of carbonyl (C=O) groups is 2. The smallest absolute Gasteiger partial charge is 0.251 e. The van der Waals surface area contributed by atoms with Gasteiger partial charge >= 0.3 is 0 Å². The summed E-state index contributed by atoms with van der Waals surface area (Å²) in [6.07, 6.45) is 0. The van der Waals surface area contributed by atoms with Crippen molar-refractivity contribution in [1.82, 2.24) is 10.3 Å². The third-order valence-corrected chi connectivity index (χ3v) is 4.65. The van der Waals surface area contributed by atoms with Crippen molar-refractivity contribution in [1.29, 1.82) is 0 Å². The fourth-order valence-corrected chi connectivity index (χ4v) is 3.18. The number of halogens is 1. The van der Waals surface area contributed by atoms with Crippen molar-refractivity contribution in [3.8, 4) is 0 Å². The molecular formula is C19H16ClN3O2S. The van der Waals surface area contributed by atoms with E-state index >= 15 is 0 Å². The van der Waals surface area contributed by atoms with Gasteiger partial charge in [-0.3, -0.25) is 9.59 Å². The van der Waals surface area contributed by atoms with E-state index in [-0.39, 0.29) is 11.7 Å². The van der Waals surface area contributed by atoms with Gasteiger partial charge in [0.05, 0.1) is 12.2 Å². The lowest BCUT2D eigenvalue weighted by atomic mass is 10.1. The summed E-state index contributed by atoms with van der Waals surface area (Å²) in [5, 5.41) is 9.12. The molecule has 3 rings (SSSR count). The molecule has 0 aliphatic rings. The number of hydrogen-bond acceptors (Lipinski definition) is 5. The Bertz CT molecular complexity index is 938. The van der Waals surface area contributed by atoms with Crippen LogP contribution < -0.4 is 10.6 Å². The summed E-state index contributed by atoms with van der Waals surface area (Å²) in [4.78, 5) is 27.9. The van der Waals surface area contributed by atoms with E-state index in [0.29, 0.717) is 27.8 Å². The first-order valence-corrected chi connectivity index (χ1v) is 9.13. The van der Waals surface area contributed by atoms with E-state index in [0.717, 1.165) is 11.4 Å². The molecule has 2 aromatic carbocycles. The number of thiazole rings is 1. The van der Waals surface area contributed by atoms with E-state index in [1.807, 2.05) is 17.5 Å². The number of hydrogen-bond donors (Lipinski definition) is 2. The van der Waals surface area contributed by atoms with Crippen molar-refractivity contribution in [2.24, 2.45) is 0 Å². The number of aromatic nitrogens is 1. The second-order valence-electron chi connectivity index (χ2n) is 5.60. The van der Waals surface area contributed by atoms with Crippen LogP contribution in [-0.4, -0.2) is 16.7 Å². The zero-order valence-corrected chi connectivity index (χ0v) is 15.5. The molecule has 1 heterocycles. The summed E-state index contributed by atoms with van der Waals surface area (Å²) < 4.78 is 0. The molecule has 0 saturated heterocycles. The largest absolute Gasteiger partial charge is 0.346 e. The highest BCUT2D eigenvalue weighted by Gasteiger charge is 2.08. The van der Waals surface area contributed by atoms with Crippen LogP contribution >= 0.6 is 22.9 Å². The minimum absolute atomic E-state index is 0.0310. The Kier molecular flexibility index (Phi) is 5.65. The SMILES string of the molecule is CC(=O)c1ccc(Nc2nc(CNC(=O)c3cccc(Cl)c3)cs2)cc1. The lowest BCUT2D eigenvalue weighted by Crippen LogP contribution is -2.22. The van der Waals surface area contributed by atoms with E-state index in [1.54, 1.807) is 36.4 Å². The summed E-state index contributed by atoms with van der Waals surface area (Å²) in [7, 11) is 0. The van der Waals surface area contributed by atoms with Crippen LogP contribution in [0.15, 0.2) is 53.9 Å². The summed E-state index contributed by atoms with van der Waals surface area (Å²) in [6.45, 7) is 1.86. The van der Waals surface area contributed by atoms with Crippen molar-refractivity contribution >= 4 is 45.4 Å². The summed E-state index contributed by atoms with van der Waals surface area (Å²) >= 11 is 7.34. The minimum atomic E-state index is -0.199. The number of nitrogens with one attached hydrogen (secondary N) is 2. The number of nitrogens with zero attached hydrogens (tertiary/aromatic N) is 1. The maximum absolute atomic E-state index is 12.1. The maximum atomic E-state index is 12.1. The third kappa shape index (κ3) is 4.68. The van der Waals surface area contributed by atoms with Crippen LogP contribution in [0.4, 0.5) is 10.8 Å². The van der Waals surface area contributed by atoms with Gasteiger partial charge in [0, 0.05) is 27.2 Å². The number of anilines is 2. The molecule has 0 fully saturated rings. The highest BCUT2D eigenvalue weighted by Crippen LogP contribution is 2.21. The van der Waals surface area contributed by atoms with Crippen LogP contribution in [0.3, 0.4) is 0 Å². The van der Waals surface area contributed by atoms with Gasteiger partial charge in [-0.25, -0.2) is 4.98 Å². The minimum Gasteiger partial charge on any atom is -0.346 e. The average molecular weight is 386 g/mol. The van der Waals surface area contributed by atoms with Gasteiger partial charge in [-0.15, -0.1) is 11.3 Å². The first kappa shape index (κ1) is 18.1. The Hall–Kier alpha value is -2.70. The monoisotopic (exact) mass is 385 g/mol. The third-order valence-electron chi connectivity index (χ3n) is 3.61. The van der Waals surface area contributed by atoms with Crippen LogP contribution in [0.1, 0.15) is 33.3 Å². The molecule has 1 aromatic heterocycles. The van der Waals surface area contributed by atoms with Crippen molar-refractivity contribution < 1.29 is 9.59 Å². The average Bonchev–Trinajstić information content (AvgIpc) is 3.07. The quantitative estimate of drug-likeness (QED) is 0.605. The molecule has 0 bridgehead atoms. The van der Waals surface area contributed by atoms with Gasteiger partial charge in [0.2, 0.25) is 0 Å². The van der Waals surface area contributed by atoms with E-state index in [4.69, 9.17) is 11.6 Å². The molecular weight excluding hydrogens is 370 g/mol. The summed E-state index contributed by atoms with van der Waals surface area (Å²) in [6, 6.07) is 14.0. The zero-order valence-electron chi connectivity index (χ0n) is 14.0. The van der Waals surface area contributed by atoms with E-state index in [9.17, 15) is 9.59 Å². The Morgan fingerprint density at radius 1 is 1.12 bits per heavy atom. The lowest BCUT2D eigenvalue weighted by molar-refractivity contribution is 0.0949. The highest BCUT2D eigenvalue weighted by molar-refractivity contribution is 7.13. The molecule has 0 radical (unpaired) electrons. The standard InChI is InChI=1S/C19H16ClN3O2S/c1-12(24)13-5-7-16(8-6-13)22-19-23-17(11-26-19)10-21-18(25)14-3-2-4-15(20)9-14/h2-9,11H,10H2,1H3,(H,21,25)(H,22,23). The second kappa shape index (κ2) is 8.12. The highest BCUT2D eigenvalue weighted by atomic mass is 35.5. The molecule has 1 amide bonds. The Morgan fingerprint density at radius 2 is 1.88 bits per heavy atom. The van der Waals surface area contributed by atoms with Gasteiger partial charge in [0.15, 0.2) is 10.9 Å². The predicted octanol–water partition coefficient (Wildman–Crippen LogP) is 4.67. The van der Waals surface area contributed by atoms with Gasteiger partial charge < -0.3 is 10.6 Å². The van der Waals surface area contributed by atoms with Crippen LogP contribution in [-0.2, 0) is 6.54 Å². The molecule has 5 nitrogen and oxygen atoms in total. The molecule has 0 aliphatic heterocycles. The molecule has 0 aliphatic carbocycles. The van der Waals surface area contributed by atoms with Gasteiger partial charge in [-0.05, 0) is 49.4 Å². The van der Waals surface area contributed by atoms with Gasteiger partial charge in [0.25, 0.3) is 5.91 Å². The topological polar surface area (TPSA) is 71.1 Å². The maximum Gasteiger partial charge on any atom is 0.251 e. The van der Waals surface area contributed by atoms with Crippen LogP contribution in [0.2, 0.25) is 5.02 Å². The number of Topliss-reactive ketones (excluding diaryl/α,β-unsaturated/α-hetero) is 1. The van der Waals surface area contributed by atoms with Crippen LogP contribution in [0.5, 0.6) is 0 Å². The van der Waals surface area contributed by atoms with E-state index < -0.39 is 0 Å². The number of ketones is 1. The number of benzene rings is 2. The Balaban J connectivity index is 1.57. The number of amides is 1. The first-order valence-electron chi connectivity index (χ1n) is 7.87. The number of carbonyl (C=O) groups excluding carboxylic acids is 2. The Morgan fingerprint density at radius 3 is 2.58 bits per heavy atom. The molecule has 7 heteroatoms. The molecule has 0 unspecified atom stereocenters. The van der Waals surface area contributed by atoms with Gasteiger partial charge in [0.1, 0.15) is 0 Å². The van der Waals surface area contributed by atoms with E-state index in [2.05, 4.69) is 15.6 Å². The molecule has 2 N–H and O–H groups in total. The fraction of sp³-hybridized carbons (Fsp3) is 0.105. The van der Waals surface area contributed by atoms with Crippen molar-refractivity contribution in [2.45, 2.75) is 13.5 Å².